The van der Waals surface area contributed by atoms with E-state index in [9.17, 15) is 0 Å². The van der Waals surface area contributed by atoms with Crippen LogP contribution >= 0.6 is 0 Å². The largest absolute Gasteiger partial charge is 0.400 e. The third-order valence-corrected chi connectivity index (χ3v) is 1.50. The van der Waals surface area contributed by atoms with Gasteiger partial charge in [-0.3, -0.25) is 0 Å². The molecule has 0 aromatic carbocycles. The van der Waals surface area contributed by atoms with Crippen molar-refractivity contribution >= 4 is 0 Å². The summed E-state index contributed by atoms with van der Waals surface area (Å²) in [6.45, 7) is 1.43. The highest BCUT2D eigenvalue weighted by Gasteiger charge is 1.95. The summed E-state index contributed by atoms with van der Waals surface area (Å²) >= 11 is 0. The Morgan fingerprint density at radius 3 is 1.09 bits per heavy atom. The van der Waals surface area contributed by atoms with Crippen LogP contribution in [0.1, 0.15) is 45.4 Å². The van der Waals surface area contributed by atoms with Gasteiger partial charge in [0, 0.05) is 14.0 Å². The zero-order chi connectivity index (χ0) is 8.95. The van der Waals surface area contributed by atoms with E-state index >= 15 is 0 Å². The molecule has 66 valence electrons. The Balaban J connectivity index is 0. The van der Waals surface area contributed by atoms with Gasteiger partial charge in [-0.2, -0.15) is 5.26 Å². The van der Waals surface area contributed by atoms with E-state index in [1.54, 1.807) is 6.07 Å². The number of rotatable bonds is 0. The van der Waals surface area contributed by atoms with Crippen LogP contribution in [0.3, 0.4) is 0 Å². The van der Waals surface area contributed by atoms with Gasteiger partial charge in [-0.1, -0.05) is 38.5 Å². The first-order valence-electron chi connectivity index (χ1n) is 4.17. The maximum absolute atomic E-state index is 7.32. The molecule has 1 saturated carbocycles. The van der Waals surface area contributed by atoms with Crippen LogP contribution in [0.5, 0.6) is 0 Å². The summed E-state index contributed by atoms with van der Waals surface area (Å²) in [5.74, 6) is 0. The van der Waals surface area contributed by atoms with E-state index in [0.29, 0.717) is 0 Å². The second-order valence-electron chi connectivity index (χ2n) is 2.34. The zero-order valence-corrected chi connectivity index (χ0v) is 7.64. The van der Waals surface area contributed by atoms with Gasteiger partial charge in [0.2, 0.25) is 0 Å². The molecule has 0 saturated heterocycles. The van der Waals surface area contributed by atoms with E-state index in [2.05, 4.69) is 0 Å². The van der Waals surface area contributed by atoms with Crippen molar-refractivity contribution in [2.45, 2.75) is 45.4 Å². The van der Waals surface area contributed by atoms with E-state index in [0.717, 1.165) is 7.11 Å². The Bertz CT molecular complexity index is 70.5. The average molecular weight is 157 g/mol. The van der Waals surface area contributed by atoms with E-state index in [1.165, 1.54) is 45.4 Å². The van der Waals surface area contributed by atoms with Crippen molar-refractivity contribution in [3.8, 4) is 6.07 Å². The van der Waals surface area contributed by atoms with Crippen LogP contribution < -0.4 is 0 Å². The lowest BCUT2D eigenvalue weighted by atomic mass is 10.0. The van der Waals surface area contributed by atoms with Gasteiger partial charge in [-0.25, -0.2) is 0 Å². The molecule has 1 fully saturated rings. The SMILES string of the molecule is C1CCCCC1.CC#N.CO. The summed E-state index contributed by atoms with van der Waals surface area (Å²) in [4.78, 5) is 0. The molecular formula is C9H19NO. The Kier molecular flexibility index (Phi) is 19.3. The highest BCUT2D eigenvalue weighted by atomic mass is 16.2. The van der Waals surface area contributed by atoms with Crippen LogP contribution in [0.15, 0.2) is 0 Å². The number of nitrogens with zero attached hydrogens (tertiary/aromatic N) is 1. The Labute approximate surface area is 69.9 Å². The Morgan fingerprint density at radius 1 is 0.909 bits per heavy atom. The van der Waals surface area contributed by atoms with Crippen LogP contribution in [0.25, 0.3) is 0 Å². The lowest BCUT2D eigenvalue weighted by molar-refractivity contribution is 0.399. The monoisotopic (exact) mass is 157 g/mol. The molecule has 1 N–H and O–H groups in total. The van der Waals surface area contributed by atoms with Gasteiger partial charge in [0.25, 0.3) is 0 Å². The van der Waals surface area contributed by atoms with E-state index in [1.807, 2.05) is 0 Å². The van der Waals surface area contributed by atoms with E-state index in [-0.39, 0.29) is 0 Å². The minimum absolute atomic E-state index is 1.00. The van der Waals surface area contributed by atoms with Gasteiger partial charge in [-0.05, 0) is 0 Å². The maximum Gasteiger partial charge on any atom is 0.0587 e. The van der Waals surface area contributed by atoms with Gasteiger partial charge < -0.3 is 5.11 Å². The fourth-order valence-electron chi connectivity index (χ4n) is 1.06. The van der Waals surface area contributed by atoms with Gasteiger partial charge in [-0.15, -0.1) is 0 Å². The first-order valence-corrected chi connectivity index (χ1v) is 4.17. The summed E-state index contributed by atoms with van der Waals surface area (Å²) < 4.78 is 0. The molecule has 11 heavy (non-hydrogen) atoms. The molecule has 0 bridgehead atoms. The third kappa shape index (κ3) is 17.7. The highest BCUT2D eigenvalue weighted by Crippen LogP contribution is 2.15. The quantitative estimate of drug-likeness (QED) is 0.587. The summed E-state index contributed by atoms with van der Waals surface area (Å²) in [6.07, 6.45) is 9.00. The molecule has 0 aromatic rings. The summed E-state index contributed by atoms with van der Waals surface area (Å²) in [5.41, 5.74) is 0. The highest BCUT2D eigenvalue weighted by molar-refractivity contribution is 4.51. The summed E-state index contributed by atoms with van der Waals surface area (Å²) in [5, 5.41) is 14.3. The van der Waals surface area contributed by atoms with Crippen molar-refractivity contribution in [2.24, 2.45) is 0 Å². The first-order chi connectivity index (χ1) is 5.41. The van der Waals surface area contributed by atoms with Crippen LogP contribution in [-0.2, 0) is 0 Å². The second-order valence-corrected chi connectivity index (χ2v) is 2.34. The molecule has 0 aliphatic heterocycles. The van der Waals surface area contributed by atoms with Gasteiger partial charge in [0.15, 0.2) is 0 Å². The van der Waals surface area contributed by atoms with Crippen LogP contribution in [0.2, 0.25) is 0 Å². The molecule has 0 amide bonds. The standard InChI is InChI=1S/C6H12.C2H3N.CH4O/c1-2-4-6-5-3-1;1-2-3;1-2/h1-6H2;1H3;2H,1H3. The number of hydrogen-bond donors (Lipinski definition) is 1. The first kappa shape index (κ1) is 13.1. The molecule has 0 heterocycles. The van der Waals surface area contributed by atoms with Gasteiger partial charge >= 0.3 is 0 Å². The van der Waals surface area contributed by atoms with Crippen molar-refractivity contribution in [1.82, 2.24) is 0 Å². The minimum atomic E-state index is 1.00. The number of aliphatic hydroxyl groups is 1. The molecular weight excluding hydrogens is 138 g/mol. The summed E-state index contributed by atoms with van der Waals surface area (Å²) in [6, 6.07) is 1.75. The molecule has 1 aliphatic rings. The van der Waals surface area contributed by atoms with E-state index < -0.39 is 0 Å². The molecule has 0 atom stereocenters. The molecule has 1 rings (SSSR count). The summed E-state index contributed by atoms with van der Waals surface area (Å²) in [7, 11) is 1.00. The van der Waals surface area contributed by atoms with Crippen LogP contribution in [0.4, 0.5) is 0 Å². The van der Waals surface area contributed by atoms with Crippen molar-refractivity contribution < 1.29 is 5.11 Å². The average Bonchev–Trinajstić information content (AvgIpc) is 2.12. The second kappa shape index (κ2) is 16.2. The predicted octanol–water partition coefficient (Wildman–Crippen LogP) is 2.48. The van der Waals surface area contributed by atoms with Crippen LogP contribution in [0, 0.1) is 11.3 Å². The van der Waals surface area contributed by atoms with Crippen molar-refractivity contribution in [3.05, 3.63) is 0 Å². The lowest BCUT2D eigenvalue weighted by Crippen LogP contribution is -1.85. The van der Waals surface area contributed by atoms with Gasteiger partial charge in [0.1, 0.15) is 0 Å². The Hall–Kier alpha value is -0.550. The number of aliphatic hydroxyl groups excluding tert-OH is 1. The topological polar surface area (TPSA) is 44.0 Å². The van der Waals surface area contributed by atoms with Crippen molar-refractivity contribution in [3.63, 3.8) is 0 Å². The van der Waals surface area contributed by atoms with E-state index in [4.69, 9.17) is 10.4 Å². The molecule has 1 aliphatic carbocycles. The molecule has 2 heteroatoms. The molecule has 2 nitrogen and oxygen atoms in total. The zero-order valence-electron chi connectivity index (χ0n) is 7.64. The smallest absolute Gasteiger partial charge is 0.0587 e. The maximum atomic E-state index is 7.32. The molecule has 0 aromatic heterocycles. The lowest BCUT2D eigenvalue weighted by Gasteiger charge is -2.05. The Morgan fingerprint density at radius 2 is 1.00 bits per heavy atom. The van der Waals surface area contributed by atoms with Crippen molar-refractivity contribution in [2.75, 3.05) is 7.11 Å². The van der Waals surface area contributed by atoms with Crippen LogP contribution in [-0.4, -0.2) is 12.2 Å². The fourth-order valence-corrected chi connectivity index (χ4v) is 1.06. The van der Waals surface area contributed by atoms with Crippen molar-refractivity contribution in [1.29, 1.82) is 5.26 Å². The molecule has 0 unspecified atom stereocenters. The third-order valence-electron chi connectivity index (χ3n) is 1.50. The predicted molar refractivity (Wildman–Crippen MR) is 47.1 cm³/mol. The molecule has 0 spiro atoms. The molecule has 0 radical (unpaired) electrons. The minimum Gasteiger partial charge on any atom is -0.400 e. The normalized spacial score (nSPS) is 14.4. The number of nitriles is 1. The number of hydrogen-bond acceptors (Lipinski definition) is 2. The van der Waals surface area contributed by atoms with Gasteiger partial charge in [0.05, 0.1) is 6.07 Å². The fraction of sp³-hybridized carbons (Fsp3) is 0.889.